The maximum Gasteiger partial charge on any atom is 0.263 e. The lowest BCUT2D eigenvalue weighted by Crippen LogP contribution is -1.99. The van der Waals surface area contributed by atoms with Crippen molar-refractivity contribution < 1.29 is 14.0 Å². The third-order valence-electron chi connectivity index (χ3n) is 5.31. The number of nitrogens with zero attached hydrogens (tertiary/aromatic N) is 2. The number of hydrogen-bond acceptors (Lipinski definition) is 6. The van der Waals surface area contributed by atoms with Crippen LogP contribution in [0, 0.1) is 0 Å². The highest BCUT2D eigenvalue weighted by Crippen LogP contribution is 2.23. The maximum atomic E-state index is 12.2. The second-order valence-electron chi connectivity index (χ2n) is 7.97. The van der Waals surface area contributed by atoms with E-state index in [9.17, 15) is 9.59 Å². The van der Waals surface area contributed by atoms with Gasteiger partial charge in [-0.1, -0.05) is 64.7 Å². The predicted molar refractivity (Wildman–Crippen MR) is 122 cm³/mol. The summed E-state index contributed by atoms with van der Waals surface area (Å²) < 4.78 is 5.53. The van der Waals surface area contributed by atoms with E-state index in [1.54, 1.807) is 12.4 Å². The first-order valence-electron chi connectivity index (χ1n) is 11.6. The van der Waals surface area contributed by atoms with E-state index >= 15 is 0 Å². The highest BCUT2D eigenvalue weighted by Gasteiger charge is 2.15. The molecule has 0 bridgehead atoms. The van der Waals surface area contributed by atoms with Gasteiger partial charge in [0.15, 0.2) is 10.8 Å². The first kappa shape index (κ1) is 24.4. The molecule has 0 unspecified atom stereocenters. The minimum absolute atomic E-state index is 0.0531. The van der Waals surface area contributed by atoms with E-state index in [4.69, 9.17) is 4.42 Å². The number of aromatic nitrogens is 2. The van der Waals surface area contributed by atoms with E-state index < -0.39 is 0 Å². The molecule has 0 fully saturated rings. The Morgan fingerprint density at radius 1 is 0.833 bits per heavy atom. The molecule has 0 spiro atoms. The summed E-state index contributed by atoms with van der Waals surface area (Å²) in [6.07, 6.45) is 18.9. The van der Waals surface area contributed by atoms with Gasteiger partial charge in [-0.3, -0.25) is 9.59 Å². The van der Waals surface area contributed by atoms with Gasteiger partial charge in [-0.05, 0) is 19.3 Å². The van der Waals surface area contributed by atoms with Gasteiger partial charge in [0.2, 0.25) is 5.78 Å². The van der Waals surface area contributed by atoms with Crippen molar-refractivity contribution in [3.8, 4) is 10.8 Å². The highest BCUT2D eigenvalue weighted by atomic mass is 32.1. The van der Waals surface area contributed by atoms with Crippen molar-refractivity contribution in [2.24, 2.45) is 0 Å². The monoisotopic (exact) mass is 432 g/mol. The van der Waals surface area contributed by atoms with Crippen LogP contribution in [0.4, 0.5) is 0 Å². The normalized spacial score (nSPS) is 11.1. The molecule has 0 saturated carbocycles. The minimum atomic E-state index is -0.0531. The number of hydrogen-bond donors (Lipinski definition) is 0. The fourth-order valence-corrected chi connectivity index (χ4v) is 4.08. The summed E-state index contributed by atoms with van der Waals surface area (Å²) in [7, 11) is 0. The Morgan fingerprint density at radius 2 is 1.43 bits per heavy atom. The van der Waals surface area contributed by atoms with E-state index in [-0.39, 0.29) is 11.7 Å². The van der Waals surface area contributed by atoms with E-state index in [0.717, 1.165) is 50.0 Å². The molecule has 0 amide bonds. The molecule has 0 atom stereocenters. The molecule has 166 valence electrons. The standard InChI is InChI=1S/C24H36N2O3S/c1-2-3-4-5-6-8-11-14-20(27)15-12-9-7-10-13-16-21(28)23-26-19-22(29-23)24-25-17-18-30-24/h17-19H,2-16H2,1H3. The molecule has 5 nitrogen and oxygen atoms in total. The third-order valence-corrected chi connectivity index (χ3v) is 6.09. The van der Waals surface area contributed by atoms with Crippen LogP contribution in [0.5, 0.6) is 0 Å². The first-order valence-corrected chi connectivity index (χ1v) is 12.5. The fraction of sp³-hybridized carbons (Fsp3) is 0.667. The van der Waals surface area contributed by atoms with E-state index in [1.807, 2.05) is 5.38 Å². The molecule has 0 N–H and O–H groups in total. The highest BCUT2D eigenvalue weighted by molar-refractivity contribution is 7.13. The largest absolute Gasteiger partial charge is 0.431 e. The van der Waals surface area contributed by atoms with Gasteiger partial charge in [0.1, 0.15) is 5.78 Å². The molecule has 0 aliphatic carbocycles. The zero-order valence-electron chi connectivity index (χ0n) is 18.4. The molecular formula is C24H36N2O3S. The van der Waals surface area contributed by atoms with Crippen LogP contribution in [0.15, 0.2) is 22.2 Å². The summed E-state index contributed by atoms with van der Waals surface area (Å²) in [6.45, 7) is 2.23. The van der Waals surface area contributed by atoms with Crippen LogP contribution < -0.4 is 0 Å². The number of carbonyl (C=O) groups is 2. The van der Waals surface area contributed by atoms with Gasteiger partial charge in [-0.15, -0.1) is 11.3 Å². The zero-order chi connectivity index (χ0) is 21.4. The second kappa shape index (κ2) is 15.1. The quantitative estimate of drug-likeness (QED) is 0.181. The molecule has 6 heteroatoms. The van der Waals surface area contributed by atoms with Crippen LogP contribution in [0.25, 0.3) is 10.8 Å². The van der Waals surface area contributed by atoms with Crippen molar-refractivity contribution in [3.05, 3.63) is 23.7 Å². The van der Waals surface area contributed by atoms with Gasteiger partial charge < -0.3 is 4.42 Å². The summed E-state index contributed by atoms with van der Waals surface area (Å²) in [5, 5.41) is 2.60. The molecule has 0 aliphatic heterocycles. The van der Waals surface area contributed by atoms with Gasteiger partial charge in [-0.2, -0.15) is 0 Å². The molecule has 0 aromatic carbocycles. The Balaban J connectivity index is 1.43. The molecule has 2 aromatic heterocycles. The van der Waals surface area contributed by atoms with Gasteiger partial charge in [0.05, 0.1) is 6.20 Å². The van der Waals surface area contributed by atoms with Crippen molar-refractivity contribution in [1.82, 2.24) is 9.97 Å². The Bertz CT molecular complexity index is 725. The number of oxazole rings is 1. The molecule has 0 saturated heterocycles. The number of ketones is 2. The summed E-state index contributed by atoms with van der Waals surface area (Å²) in [5.41, 5.74) is 0. The topological polar surface area (TPSA) is 73.1 Å². The average molecular weight is 433 g/mol. The van der Waals surface area contributed by atoms with Gasteiger partial charge in [-0.25, -0.2) is 9.97 Å². The van der Waals surface area contributed by atoms with E-state index in [0.29, 0.717) is 24.4 Å². The van der Waals surface area contributed by atoms with E-state index in [2.05, 4.69) is 16.9 Å². The Morgan fingerprint density at radius 3 is 2.03 bits per heavy atom. The summed E-state index contributed by atoms with van der Waals surface area (Å²) in [4.78, 5) is 32.4. The molecule has 2 rings (SSSR count). The number of carbonyl (C=O) groups excluding carboxylic acids is 2. The molecule has 2 aromatic rings. The number of thiazole rings is 1. The van der Waals surface area contributed by atoms with Gasteiger partial charge in [0.25, 0.3) is 5.89 Å². The van der Waals surface area contributed by atoms with Crippen LogP contribution in [0.2, 0.25) is 0 Å². The lowest BCUT2D eigenvalue weighted by molar-refractivity contribution is -0.119. The van der Waals surface area contributed by atoms with Crippen LogP contribution in [0.3, 0.4) is 0 Å². The Labute approximate surface area is 184 Å². The zero-order valence-corrected chi connectivity index (χ0v) is 19.2. The van der Waals surface area contributed by atoms with Gasteiger partial charge >= 0.3 is 0 Å². The average Bonchev–Trinajstić information content (AvgIpc) is 3.44. The SMILES string of the molecule is CCCCCCCCCC(=O)CCCCCCCC(=O)c1ncc(-c2nccs2)o1. The predicted octanol–water partition coefficient (Wildman–Crippen LogP) is 7.42. The fourth-order valence-electron chi connectivity index (χ4n) is 3.50. The maximum absolute atomic E-state index is 12.2. The third kappa shape index (κ3) is 9.79. The van der Waals surface area contributed by atoms with Crippen molar-refractivity contribution in [3.63, 3.8) is 0 Å². The van der Waals surface area contributed by atoms with Crippen LogP contribution in [-0.4, -0.2) is 21.5 Å². The van der Waals surface area contributed by atoms with Crippen LogP contribution in [0.1, 0.15) is 114 Å². The minimum Gasteiger partial charge on any atom is -0.431 e. The van der Waals surface area contributed by atoms with Crippen LogP contribution in [-0.2, 0) is 4.79 Å². The molecule has 0 aliphatic rings. The van der Waals surface area contributed by atoms with Crippen molar-refractivity contribution >= 4 is 22.9 Å². The molecule has 2 heterocycles. The molecular weight excluding hydrogens is 396 g/mol. The number of unbranched alkanes of at least 4 members (excludes halogenated alkanes) is 10. The summed E-state index contributed by atoms with van der Waals surface area (Å²) in [5.74, 6) is 1.09. The lowest BCUT2D eigenvalue weighted by atomic mass is 10.0. The van der Waals surface area contributed by atoms with Gasteiger partial charge in [0, 0.05) is 30.8 Å². The molecule has 0 radical (unpaired) electrons. The van der Waals surface area contributed by atoms with Crippen LogP contribution >= 0.6 is 11.3 Å². The van der Waals surface area contributed by atoms with Crippen molar-refractivity contribution in [2.45, 2.75) is 103 Å². The number of Topliss-reactive ketones (excluding diaryl/α,β-unsaturated/α-hetero) is 2. The second-order valence-corrected chi connectivity index (χ2v) is 8.86. The smallest absolute Gasteiger partial charge is 0.263 e. The molecule has 30 heavy (non-hydrogen) atoms. The van der Waals surface area contributed by atoms with Crippen molar-refractivity contribution in [1.29, 1.82) is 0 Å². The van der Waals surface area contributed by atoms with Crippen molar-refractivity contribution in [2.75, 3.05) is 0 Å². The summed E-state index contributed by atoms with van der Waals surface area (Å²) >= 11 is 1.46. The first-order chi connectivity index (χ1) is 14.7. The Hall–Kier alpha value is -1.82. The number of rotatable bonds is 18. The Kier molecular flexibility index (Phi) is 12.3. The van der Waals surface area contributed by atoms with E-state index in [1.165, 1.54) is 49.9 Å². The summed E-state index contributed by atoms with van der Waals surface area (Å²) in [6, 6.07) is 0. The lowest BCUT2D eigenvalue weighted by Gasteiger charge is -2.03.